The summed E-state index contributed by atoms with van der Waals surface area (Å²) >= 11 is 0. The number of hydrogen-bond acceptors (Lipinski definition) is 4. The van der Waals surface area contributed by atoms with Gasteiger partial charge in [-0.15, -0.1) is 0 Å². The molecule has 24 heavy (non-hydrogen) atoms. The molecule has 0 bridgehead atoms. The van der Waals surface area contributed by atoms with Crippen molar-refractivity contribution in [2.75, 3.05) is 20.3 Å². The van der Waals surface area contributed by atoms with Crippen molar-refractivity contribution in [2.24, 2.45) is 0 Å². The van der Waals surface area contributed by atoms with Crippen LogP contribution in [-0.2, 0) is 4.79 Å². The van der Waals surface area contributed by atoms with E-state index in [0.29, 0.717) is 13.2 Å². The second-order valence-corrected chi connectivity index (χ2v) is 5.34. The second kappa shape index (κ2) is 8.82. The average Bonchev–Trinajstić information content (AvgIpc) is 2.61. The van der Waals surface area contributed by atoms with Gasteiger partial charge in [-0.05, 0) is 49.7 Å². The van der Waals surface area contributed by atoms with Crippen LogP contribution in [0.2, 0.25) is 0 Å². The number of benzene rings is 2. The van der Waals surface area contributed by atoms with Gasteiger partial charge in [-0.25, -0.2) is 0 Å². The summed E-state index contributed by atoms with van der Waals surface area (Å²) in [7, 11) is 1.62. The third kappa shape index (κ3) is 5.19. The molecule has 2 aromatic rings. The van der Waals surface area contributed by atoms with E-state index in [-0.39, 0.29) is 5.91 Å². The molecule has 0 radical (unpaired) electrons. The summed E-state index contributed by atoms with van der Waals surface area (Å²) < 4.78 is 16.3. The van der Waals surface area contributed by atoms with Gasteiger partial charge in [0.25, 0.3) is 5.91 Å². The van der Waals surface area contributed by atoms with Crippen LogP contribution < -0.4 is 19.5 Å². The zero-order chi connectivity index (χ0) is 17.4. The van der Waals surface area contributed by atoms with Crippen molar-refractivity contribution in [2.45, 2.75) is 20.0 Å². The molecule has 1 N–H and O–H groups in total. The number of methoxy groups -OCH3 is 1. The van der Waals surface area contributed by atoms with E-state index in [1.54, 1.807) is 14.0 Å². The lowest BCUT2D eigenvalue weighted by Gasteiger charge is -2.16. The quantitative estimate of drug-likeness (QED) is 0.757. The first kappa shape index (κ1) is 17.7. The highest BCUT2D eigenvalue weighted by Crippen LogP contribution is 2.18. The molecule has 1 amide bonds. The molecule has 0 saturated carbocycles. The largest absolute Gasteiger partial charge is 0.497 e. The molecule has 2 rings (SSSR count). The molecule has 2 aromatic carbocycles. The van der Waals surface area contributed by atoms with Crippen molar-refractivity contribution in [3.8, 4) is 17.2 Å². The van der Waals surface area contributed by atoms with Crippen molar-refractivity contribution in [1.82, 2.24) is 5.32 Å². The van der Waals surface area contributed by atoms with E-state index in [4.69, 9.17) is 14.2 Å². The van der Waals surface area contributed by atoms with Gasteiger partial charge in [0.05, 0.1) is 13.7 Å². The van der Waals surface area contributed by atoms with Crippen molar-refractivity contribution in [1.29, 1.82) is 0 Å². The fourth-order valence-corrected chi connectivity index (χ4v) is 2.09. The van der Waals surface area contributed by atoms with Gasteiger partial charge in [0.2, 0.25) is 0 Å². The van der Waals surface area contributed by atoms with Gasteiger partial charge in [-0.3, -0.25) is 4.79 Å². The first-order valence-corrected chi connectivity index (χ1v) is 7.87. The number of para-hydroxylation sites is 1. The Morgan fingerprint density at radius 2 is 1.75 bits per heavy atom. The van der Waals surface area contributed by atoms with Crippen LogP contribution in [0.5, 0.6) is 17.2 Å². The maximum Gasteiger partial charge on any atom is 0.260 e. The molecule has 5 nitrogen and oxygen atoms in total. The van der Waals surface area contributed by atoms with Gasteiger partial charge in [0.15, 0.2) is 6.10 Å². The molecule has 0 aliphatic heterocycles. The molecule has 0 heterocycles. The third-order valence-electron chi connectivity index (χ3n) is 3.50. The number of carbonyl (C=O) groups is 1. The molecular formula is C19H23NO4. The predicted molar refractivity (Wildman–Crippen MR) is 92.8 cm³/mol. The first-order valence-electron chi connectivity index (χ1n) is 7.87. The molecule has 0 saturated heterocycles. The van der Waals surface area contributed by atoms with E-state index in [1.807, 2.05) is 55.5 Å². The molecule has 0 unspecified atom stereocenters. The molecule has 5 heteroatoms. The molecule has 0 aromatic heterocycles. The fraction of sp³-hybridized carbons (Fsp3) is 0.316. The Hall–Kier alpha value is -2.69. The molecular weight excluding hydrogens is 306 g/mol. The van der Waals surface area contributed by atoms with Crippen LogP contribution in [0, 0.1) is 6.92 Å². The molecule has 0 fully saturated rings. The van der Waals surface area contributed by atoms with E-state index in [9.17, 15) is 4.79 Å². The van der Waals surface area contributed by atoms with E-state index in [1.165, 1.54) is 0 Å². The Balaban J connectivity index is 1.71. The van der Waals surface area contributed by atoms with Crippen LogP contribution in [0.1, 0.15) is 12.5 Å². The lowest BCUT2D eigenvalue weighted by Crippen LogP contribution is -2.38. The van der Waals surface area contributed by atoms with Crippen LogP contribution in [0.4, 0.5) is 0 Å². The van der Waals surface area contributed by atoms with Gasteiger partial charge < -0.3 is 19.5 Å². The standard InChI is InChI=1S/C19H23NO4/c1-14-6-4-5-7-18(14)24-15(2)19(21)20-12-13-23-17-10-8-16(22-3)9-11-17/h4-11,15H,12-13H2,1-3H3,(H,20,21)/t15-/m1/s1. The van der Waals surface area contributed by atoms with Crippen molar-refractivity contribution < 1.29 is 19.0 Å². The van der Waals surface area contributed by atoms with Crippen molar-refractivity contribution in [3.63, 3.8) is 0 Å². The lowest BCUT2D eigenvalue weighted by molar-refractivity contribution is -0.127. The topological polar surface area (TPSA) is 56.8 Å². The number of amides is 1. The minimum atomic E-state index is -0.563. The normalized spacial score (nSPS) is 11.5. The first-order chi connectivity index (χ1) is 11.6. The van der Waals surface area contributed by atoms with Crippen LogP contribution in [0.15, 0.2) is 48.5 Å². The second-order valence-electron chi connectivity index (χ2n) is 5.34. The van der Waals surface area contributed by atoms with Crippen molar-refractivity contribution >= 4 is 5.91 Å². The molecule has 1 atom stereocenters. The third-order valence-corrected chi connectivity index (χ3v) is 3.50. The van der Waals surface area contributed by atoms with Gasteiger partial charge >= 0.3 is 0 Å². The zero-order valence-electron chi connectivity index (χ0n) is 14.2. The highest BCUT2D eigenvalue weighted by Gasteiger charge is 2.14. The van der Waals surface area contributed by atoms with E-state index in [0.717, 1.165) is 22.8 Å². The summed E-state index contributed by atoms with van der Waals surface area (Å²) in [4.78, 5) is 12.0. The minimum absolute atomic E-state index is 0.170. The number of hydrogen-bond donors (Lipinski definition) is 1. The molecule has 0 aliphatic carbocycles. The Morgan fingerprint density at radius 3 is 2.42 bits per heavy atom. The Labute approximate surface area is 142 Å². The van der Waals surface area contributed by atoms with Crippen LogP contribution in [-0.4, -0.2) is 32.3 Å². The van der Waals surface area contributed by atoms with Gasteiger partial charge in [-0.2, -0.15) is 0 Å². The van der Waals surface area contributed by atoms with Crippen molar-refractivity contribution in [3.05, 3.63) is 54.1 Å². The van der Waals surface area contributed by atoms with Gasteiger partial charge in [0.1, 0.15) is 23.9 Å². The van der Waals surface area contributed by atoms with Gasteiger partial charge in [0, 0.05) is 0 Å². The van der Waals surface area contributed by atoms with E-state index < -0.39 is 6.10 Å². The monoisotopic (exact) mass is 329 g/mol. The summed E-state index contributed by atoms with van der Waals surface area (Å²) in [6, 6.07) is 14.9. The Kier molecular flexibility index (Phi) is 6.49. The average molecular weight is 329 g/mol. The lowest BCUT2D eigenvalue weighted by atomic mass is 10.2. The molecule has 128 valence electrons. The van der Waals surface area contributed by atoms with E-state index >= 15 is 0 Å². The smallest absolute Gasteiger partial charge is 0.260 e. The number of nitrogens with one attached hydrogen (secondary N) is 1. The molecule has 0 aliphatic rings. The highest BCUT2D eigenvalue weighted by atomic mass is 16.5. The van der Waals surface area contributed by atoms with E-state index in [2.05, 4.69) is 5.32 Å². The Morgan fingerprint density at radius 1 is 1.08 bits per heavy atom. The minimum Gasteiger partial charge on any atom is -0.497 e. The summed E-state index contributed by atoms with van der Waals surface area (Å²) in [5.41, 5.74) is 1.000. The summed E-state index contributed by atoms with van der Waals surface area (Å²) in [6.45, 7) is 4.47. The highest BCUT2D eigenvalue weighted by molar-refractivity contribution is 5.80. The summed E-state index contributed by atoms with van der Waals surface area (Å²) in [5.74, 6) is 2.05. The number of aryl methyl sites for hydroxylation is 1. The number of rotatable bonds is 8. The van der Waals surface area contributed by atoms with Crippen LogP contribution >= 0.6 is 0 Å². The number of ether oxygens (including phenoxy) is 3. The maximum absolute atomic E-state index is 12.0. The molecule has 0 spiro atoms. The SMILES string of the molecule is COc1ccc(OCCNC(=O)[C@@H](C)Oc2ccccc2C)cc1. The number of carbonyl (C=O) groups excluding carboxylic acids is 1. The summed E-state index contributed by atoms with van der Waals surface area (Å²) in [6.07, 6.45) is -0.563. The summed E-state index contributed by atoms with van der Waals surface area (Å²) in [5, 5.41) is 2.80. The fourth-order valence-electron chi connectivity index (χ4n) is 2.09. The maximum atomic E-state index is 12.0. The van der Waals surface area contributed by atoms with Crippen LogP contribution in [0.25, 0.3) is 0 Å². The van der Waals surface area contributed by atoms with Gasteiger partial charge in [-0.1, -0.05) is 18.2 Å². The predicted octanol–water partition coefficient (Wildman–Crippen LogP) is 2.97. The van der Waals surface area contributed by atoms with Crippen LogP contribution in [0.3, 0.4) is 0 Å². The zero-order valence-corrected chi connectivity index (χ0v) is 14.2. The Bertz CT molecular complexity index is 655.